The Balaban J connectivity index is 1.29. The highest BCUT2D eigenvalue weighted by Crippen LogP contribution is 2.64. The zero-order valence-electron chi connectivity index (χ0n) is 18.8. The van der Waals surface area contributed by atoms with Gasteiger partial charge in [0.15, 0.2) is 5.78 Å². The van der Waals surface area contributed by atoms with Gasteiger partial charge in [-0.3, -0.25) is 4.79 Å². The van der Waals surface area contributed by atoms with E-state index in [1.165, 1.54) is 32.1 Å². The Morgan fingerprint density at radius 2 is 1.80 bits per heavy atom. The van der Waals surface area contributed by atoms with Crippen molar-refractivity contribution in [1.29, 1.82) is 0 Å². The second-order valence-electron chi connectivity index (χ2n) is 11.3. The summed E-state index contributed by atoms with van der Waals surface area (Å²) in [6.07, 6.45) is 14.4. The number of hydrogen-bond acceptors (Lipinski definition) is 3. The minimum absolute atomic E-state index is 0.198. The van der Waals surface area contributed by atoms with Crippen molar-refractivity contribution in [3.8, 4) is 0 Å². The third-order valence-electron chi connectivity index (χ3n) is 9.91. The number of carbonyl (C=O) groups excluding carboxylic acids is 1. The predicted molar refractivity (Wildman–Crippen MR) is 117 cm³/mol. The number of ketones is 1. The van der Waals surface area contributed by atoms with Crippen molar-refractivity contribution >= 4 is 5.78 Å². The smallest absolute Gasteiger partial charge is 0.156 e. The molecule has 5 rings (SSSR count). The zero-order valence-corrected chi connectivity index (χ0v) is 18.8. The molecule has 4 aliphatic carbocycles. The SMILES string of the molecule is COC[C@@]1(O)CC[C@H]2[C@H](CC[C@@H]3[C@@H]2CC[C@]2(C)[C@@H](C(=O)Cn4cccc4)CC[C@@H]32)C1. The van der Waals surface area contributed by atoms with E-state index in [0.717, 1.165) is 49.4 Å². The van der Waals surface area contributed by atoms with Crippen molar-refractivity contribution in [1.82, 2.24) is 4.57 Å². The summed E-state index contributed by atoms with van der Waals surface area (Å²) >= 11 is 0. The van der Waals surface area contributed by atoms with Gasteiger partial charge in [0.05, 0.1) is 18.8 Å². The van der Waals surface area contributed by atoms with Crippen LogP contribution in [0.15, 0.2) is 24.5 Å². The summed E-state index contributed by atoms with van der Waals surface area (Å²) in [7, 11) is 1.71. The normalized spacial score (nSPS) is 45.4. The molecule has 0 aromatic carbocycles. The number of aliphatic hydroxyl groups is 1. The highest BCUT2D eigenvalue weighted by Gasteiger charge is 2.58. The molecule has 166 valence electrons. The number of fused-ring (bicyclic) bond motifs is 5. The molecule has 1 aromatic heterocycles. The van der Waals surface area contributed by atoms with E-state index in [0.29, 0.717) is 24.9 Å². The third kappa shape index (κ3) is 3.39. The van der Waals surface area contributed by atoms with E-state index in [-0.39, 0.29) is 11.3 Å². The van der Waals surface area contributed by atoms with E-state index in [9.17, 15) is 9.90 Å². The van der Waals surface area contributed by atoms with E-state index >= 15 is 0 Å². The Morgan fingerprint density at radius 1 is 1.03 bits per heavy atom. The molecule has 0 spiro atoms. The molecule has 4 fully saturated rings. The molecular formula is C26H39NO3. The van der Waals surface area contributed by atoms with Crippen LogP contribution < -0.4 is 0 Å². The number of carbonyl (C=O) groups is 1. The Hall–Kier alpha value is -1.13. The van der Waals surface area contributed by atoms with Crippen molar-refractivity contribution in [2.45, 2.75) is 76.9 Å². The lowest BCUT2D eigenvalue weighted by Gasteiger charge is -2.57. The fourth-order valence-electron chi connectivity index (χ4n) is 8.66. The van der Waals surface area contributed by atoms with E-state index in [1.807, 2.05) is 29.1 Å². The van der Waals surface area contributed by atoms with E-state index in [2.05, 4.69) is 6.92 Å². The van der Waals surface area contributed by atoms with Crippen molar-refractivity contribution < 1.29 is 14.6 Å². The van der Waals surface area contributed by atoms with Crippen LogP contribution in [-0.2, 0) is 16.1 Å². The minimum atomic E-state index is -0.602. The summed E-state index contributed by atoms with van der Waals surface area (Å²) in [5, 5.41) is 10.9. The lowest BCUT2D eigenvalue weighted by Crippen LogP contribution is -2.52. The molecule has 0 saturated heterocycles. The fraction of sp³-hybridized carbons (Fsp3) is 0.808. The summed E-state index contributed by atoms with van der Waals surface area (Å²) in [5.41, 5.74) is -0.404. The molecule has 0 radical (unpaired) electrons. The van der Waals surface area contributed by atoms with Gasteiger partial charge >= 0.3 is 0 Å². The molecule has 4 aliphatic rings. The van der Waals surface area contributed by atoms with Gasteiger partial charge in [-0.2, -0.15) is 0 Å². The van der Waals surface area contributed by atoms with Crippen LogP contribution in [0.1, 0.15) is 64.7 Å². The van der Waals surface area contributed by atoms with Crippen LogP contribution in [0, 0.1) is 40.9 Å². The number of rotatable bonds is 5. The van der Waals surface area contributed by atoms with E-state index < -0.39 is 5.60 Å². The zero-order chi connectivity index (χ0) is 20.9. The highest BCUT2D eigenvalue weighted by molar-refractivity contribution is 5.82. The second-order valence-corrected chi connectivity index (χ2v) is 11.3. The quantitative estimate of drug-likeness (QED) is 0.761. The van der Waals surface area contributed by atoms with Crippen LogP contribution in [0.4, 0.5) is 0 Å². The lowest BCUT2D eigenvalue weighted by atomic mass is 9.49. The van der Waals surface area contributed by atoms with Gasteiger partial charge in [-0.15, -0.1) is 0 Å². The van der Waals surface area contributed by atoms with Crippen LogP contribution in [-0.4, -0.2) is 34.8 Å². The molecule has 30 heavy (non-hydrogen) atoms. The molecule has 4 nitrogen and oxygen atoms in total. The second kappa shape index (κ2) is 7.78. The molecule has 0 amide bonds. The first-order chi connectivity index (χ1) is 14.4. The molecule has 1 aromatic rings. The van der Waals surface area contributed by atoms with E-state index in [1.54, 1.807) is 7.11 Å². The molecule has 0 unspecified atom stereocenters. The van der Waals surface area contributed by atoms with Crippen LogP contribution >= 0.6 is 0 Å². The summed E-state index contributed by atoms with van der Waals surface area (Å²) in [5.74, 6) is 4.45. The first-order valence-electron chi connectivity index (χ1n) is 12.3. The van der Waals surface area contributed by atoms with Gasteiger partial charge in [-0.1, -0.05) is 6.92 Å². The Bertz CT molecular complexity index is 760. The topological polar surface area (TPSA) is 51.5 Å². The average molecular weight is 414 g/mol. The Labute approximate surface area is 181 Å². The molecule has 4 heteroatoms. The van der Waals surface area contributed by atoms with Gasteiger partial charge in [-0.05, 0) is 105 Å². The maximum atomic E-state index is 13.2. The number of hydrogen-bond donors (Lipinski definition) is 1. The van der Waals surface area contributed by atoms with Crippen molar-refractivity contribution in [2.75, 3.05) is 13.7 Å². The van der Waals surface area contributed by atoms with Crippen molar-refractivity contribution in [2.24, 2.45) is 40.9 Å². The molecule has 0 aliphatic heterocycles. The third-order valence-corrected chi connectivity index (χ3v) is 9.91. The van der Waals surface area contributed by atoms with Crippen LogP contribution in [0.3, 0.4) is 0 Å². The first-order valence-corrected chi connectivity index (χ1v) is 12.3. The van der Waals surface area contributed by atoms with Crippen LogP contribution in [0.2, 0.25) is 0 Å². The van der Waals surface area contributed by atoms with Gasteiger partial charge < -0.3 is 14.4 Å². The standard InChI is InChI=1S/C26H39NO3/c1-25-11-9-20-19-10-12-26(29,17-30-2)15-18(19)5-6-21(20)22(25)7-8-23(25)24(28)16-27-13-3-4-14-27/h3-4,13-14,18-23,29H,5-12,15-17H2,1-2H3/t18-,19+,20-,21-,22+,23-,25+,26-/m1/s1. The lowest BCUT2D eigenvalue weighted by molar-refractivity contribution is -0.136. The largest absolute Gasteiger partial charge is 0.387 e. The predicted octanol–water partition coefficient (Wildman–Crippen LogP) is 4.70. The van der Waals surface area contributed by atoms with Crippen molar-refractivity contribution in [3.63, 3.8) is 0 Å². The van der Waals surface area contributed by atoms with Crippen molar-refractivity contribution in [3.05, 3.63) is 24.5 Å². The van der Waals surface area contributed by atoms with E-state index in [4.69, 9.17) is 4.74 Å². The minimum Gasteiger partial charge on any atom is -0.387 e. The summed E-state index contributed by atoms with van der Waals surface area (Å²) < 4.78 is 7.37. The number of ether oxygens (including phenoxy) is 1. The molecule has 0 bridgehead atoms. The highest BCUT2D eigenvalue weighted by atomic mass is 16.5. The van der Waals surface area contributed by atoms with Gasteiger partial charge in [0.1, 0.15) is 0 Å². The van der Waals surface area contributed by atoms with Crippen LogP contribution in [0.5, 0.6) is 0 Å². The molecule has 1 heterocycles. The average Bonchev–Trinajstić information content (AvgIpc) is 3.34. The van der Waals surface area contributed by atoms with Crippen LogP contribution in [0.25, 0.3) is 0 Å². The molecular weight excluding hydrogens is 374 g/mol. The first kappa shape index (κ1) is 20.8. The number of nitrogens with zero attached hydrogens (tertiary/aromatic N) is 1. The number of methoxy groups -OCH3 is 1. The summed E-state index contributed by atoms with van der Waals surface area (Å²) in [4.78, 5) is 13.2. The number of aromatic nitrogens is 1. The monoisotopic (exact) mass is 413 g/mol. The Kier molecular flexibility index (Phi) is 5.38. The number of Topliss-reactive ketones (excluding diaryl/α,β-unsaturated/α-hetero) is 1. The summed E-state index contributed by atoms with van der Waals surface area (Å²) in [6, 6.07) is 4.02. The molecule has 8 atom stereocenters. The Morgan fingerprint density at radius 3 is 2.57 bits per heavy atom. The summed E-state index contributed by atoms with van der Waals surface area (Å²) in [6.45, 7) is 3.47. The maximum absolute atomic E-state index is 13.2. The molecule has 4 saturated carbocycles. The van der Waals surface area contributed by atoms with Gasteiger partial charge in [-0.25, -0.2) is 0 Å². The van der Waals surface area contributed by atoms with Gasteiger partial charge in [0.25, 0.3) is 0 Å². The molecule has 1 N–H and O–H groups in total. The van der Waals surface area contributed by atoms with Gasteiger partial charge in [0.2, 0.25) is 0 Å². The fourth-order valence-corrected chi connectivity index (χ4v) is 8.66. The van der Waals surface area contributed by atoms with Gasteiger partial charge in [0, 0.05) is 25.4 Å². The maximum Gasteiger partial charge on any atom is 0.156 e.